The molecule has 0 fully saturated rings. The summed E-state index contributed by atoms with van der Waals surface area (Å²) in [7, 11) is 2.15. The predicted octanol–water partition coefficient (Wildman–Crippen LogP) is 8.14. The quantitative estimate of drug-likeness (QED) is 0.151. The Labute approximate surface area is 262 Å². The van der Waals surface area contributed by atoms with Gasteiger partial charge in [-0.2, -0.15) is 29.3 Å². The summed E-state index contributed by atoms with van der Waals surface area (Å²) < 4.78 is 10.3. The molecular weight excluding hydrogens is 579 g/mol. The molecule has 0 atom stereocenters. The molecule has 1 radical (unpaired) electrons. The van der Waals surface area contributed by atoms with E-state index in [0.717, 1.165) is 55.6 Å². The van der Waals surface area contributed by atoms with E-state index in [1.807, 2.05) is 6.07 Å². The third-order valence-corrected chi connectivity index (χ3v) is 7.90. The summed E-state index contributed by atoms with van der Waals surface area (Å²) in [6.45, 7) is 2.16. The number of hydrogen-bond acceptors (Lipinski definition) is 2. The molecule has 193 valence electrons. The number of oxazole rings is 1. The SMILES string of the molecule is Cc1ccc(-c2[c-]c3ccc4ncoc4c3cc2)[c-]c1-c1n(-c2ccccc2)c2c3ccccc3ccc2[n+]1C.[Y]. The number of fused-ring (bicyclic) bond motifs is 6. The molecule has 8 aromatic rings. The smallest absolute Gasteiger partial charge is 0.229 e. The van der Waals surface area contributed by atoms with Crippen molar-refractivity contribution in [2.45, 2.75) is 6.92 Å². The summed E-state index contributed by atoms with van der Waals surface area (Å²) >= 11 is 0. The second-order valence-corrected chi connectivity index (χ2v) is 10.2. The van der Waals surface area contributed by atoms with E-state index in [-0.39, 0.29) is 32.7 Å². The van der Waals surface area contributed by atoms with E-state index >= 15 is 0 Å². The van der Waals surface area contributed by atoms with Gasteiger partial charge in [0.15, 0.2) is 17.4 Å². The van der Waals surface area contributed by atoms with Crippen molar-refractivity contribution in [2.75, 3.05) is 0 Å². The number of imidazole rings is 1. The first-order chi connectivity index (χ1) is 19.7. The standard InChI is InChI=1S/C36H24N3O.Y/c1-23-12-13-26(25-14-17-30-27(20-25)15-18-32-35(30)40-22-37-32)21-31(23)36-38(2)33-19-16-24-8-6-7-11-29(24)34(33)39(36)28-9-4-3-5-10-28;/h3-19,22H,1-2H3;/q-1;. The first-order valence-corrected chi connectivity index (χ1v) is 13.4. The Morgan fingerprint density at radius 3 is 2.41 bits per heavy atom. The van der Waals surface area contributed by atoms with E-state index in [1.165, 1.54) is 28.2 Å². The minimum absolute atomic E-state index is 0. The van der Waals surface area contributed by atoms with Crippen molar-refractivity contribution < 1.29 is 41.7 Å². The van der Waals surface area contributed by atoms with Gasteiger partial charge in [0.05, 0.1) is 12.6 Å². The minimum Gasteiger partial charge on any atom is -0.451 e. The third kappa shape index (κ3) is 4.05. The molecule has 0 bridgehead atoms. The maximum absolute atomic E-state index is 5.65. The molecule has 4 nitrogen and oxygen atoms in total. The van der Waals surface area contributed by atoms with Gasteiger partial charge in [-0.1, -0.05) is 49.4 Å². The molecule has 0 aliphatic heterocycles. The van der Waals surface area contributed by atoms with Gasteiger partial charge in [0.2, 0.25) is 5.82 Å². The molecule has 0 unspecified atom stereocenters. The van der Waals surface area contributed by atoms with Gasteiger partial charge in [0.25, 0.3) is 0 Å². The maximum atomic E-state index is 5.65. The molecule has 41 heavy (non-hydrogen) atoms. The van der Waals surface area contributed by atoms with E-state index in [0.29, 0.717) is 0 Å². The van der Waals surface area contributed by atoms with Crippen molar-refractivity contribution >= 4 is 43.7 Å². The fourth-order valence-corrected chi connectivity index (χ4v) is 5.92. The maximum Gasteiger partial charge on any atom is 0.229 e. The Bertz CT molecular complexity index is 2250. The Kier molecular flexibility index (Phi) is 6.34. The molecular formula is C36H24N3OY-. The van der Waals surface area contributed by atoms with Gasteiger partial charge >= 0.3 is 0 Å². The average Bonchev–Trinajstić information content (AvgIpc) is 3.60. The van der Waals surface area contributed by atoms with Crippen LogP contribution in [0.15, 0.2) is 114 Å². The van der Waals surface area contributed by atoms with Crippen LogP contribution in [0.5, 0.6) is 0 Å². The van der Waals surface area contributed by atoms with E-state index in [4.69, 9.17) is 4.42 Å². The van der Waals surface area contributed by atoms with Crippen LogP contribution in [0.2, 0.25) is 0 Å². The van der Waals surface area contributed by atoms with Crippen LogP contribution in [0.3, 0.4) is 0 Å². The van der Waals surface area contributed by atoms with Crippen LogP contribution in [-0.4, -0.2) is 9.55 Å². The van der Waals surface area contributed by atoms with E-state index in [9.17, 15) is 0 Å². The van der Waals surface area contributed by atoms with Crippen molar-refractivity contribution in [3.05, 3.63) is 127 Å². The fourth-order valence-electron chi connectivity index (χ4n) is 5.92. The molecule has 5 heteroatoms. The van der Waals surface area contributed by atoms with Gasteiger partial charge in [-0.15, -0.1) is 35.2 Å². The van der Waals surface area contributed by atoms with Crippen LogP contribution in [0, 0.1) is 19.1 Å². The van der Waals surface area contributed by atoms with Crippen molar-refractivity contribution in [3.63, 3.8) is 0 Å². The molecule has 8 rings (SSSR count). The third-order valence-electron chi connectivity index (χ3n) is 7.90. The van der Waals surface area contributed by atoms with Crippen LogP contribution in [0.25, 0.3) is 71.9 Å². The Balaban J connectivity index is 0.00000276. The topological polar surface area (TPSA) is 34.8 Å². The van der Waals surface area contributed by atoms with Gasteiger partial charge in [0, 0.05) is 38.1 Å². The molecule has 0 amide bonds. The zero-order valence-electron chi connectivity index (χ0n) is 22.7. The number of rotatable bonds is 3. The molecule has 0 N–H and O–H groups in total. The number of aromatic nitrogens is 3. The molecule has 2 heterocycles. The van der Waals surface area contributed by atoms with E-state index < -0.39 is 0 Å². The summed E-state index contributed by atoms with van der Waals surface area (Å²) in [5, 5.41) is 4.44. The van der Waals surface area contributed by atoms with Gasteiger partial charge in [-0.05, 0) is 46.7 Å². The predicted molar refractivity (Wildman–Crippen MR) is 160 cm³/mol. The Morgan fingerprint density at radius 2 is 1.54 bits per heavy atom. The summed E-state index contributed by atoms with van der Waals surface area (Å²) in [6.07, 6.45) is 1.49. The van der Waals surface area contributed by atoms with Crippen LogP contribution >= 0.6 is 0 Å². The summed E-state index contributed by atoms with van der Waals surface area (Å²) in [5.74, 6) is 1.08. The first-order valence-electron chi connectivity index (χ1n) is 13.4. The number of benzene rings is 6. The number of hydrogen-bond donors (Lipinski definition) is 0. The number of para-hydroxylation sites is 1. The minimum atomic E-state index is 0. The van der Waals surface area contributed by atoms with Gasteiger partial charge in [0.1, 0.15) is 11.3 Å². The summed E-state index contributed by atoms with van der Waals surface area (Å²) in [6, 6.07) is 43.6. The van der Waals surface area contributed by atoms with Gasteiger partial charge in [-0.25, -0.2) is 9.55 Å². The van der Waals surface area contributed by atoms with Crippen molar-refractivity contribution in [2.24, 2.45) is 7.05 Å². The average molecular weight is 604 g/mol. The molecule has 0 aliphatic carbocycles. The van der Waals surface area contributed by atoms with Crippen molar-refractivity contribution in [1.29, 1.82) is 0 Å². The fraction of sp³-hybridized carbons (Fsp3) is 0.0556. The molecule has 0 aliphatic rings. The van der Waals surface area contributed by atoms with Crippen LogP contribution in [-0.2, 0) is 39.8 Å². The van der Waals surface area contributed by atoms with Gasteiger partial charge in [-0.3, -0.25) is 4.57 Å². The normalized spacial score (nSPS) is 11.5. The second-order valence-electron chi connectivity index (χ2n) is 10.2. The monoisotopic (exact) mass is 603 g/mol. The number of nitrogens with zero attached hydrogens (tertiary/aromatic N) is 3. The Morgan fingerprint density at radius 1 is 0.756 bits per heavy atom. The van der Waals surface area contributed by atoms with Crippen molar-refractivity contribution in [1.82, 2.24) is 9.55 Å². The van der Waals surface area contributed by atoms with Crippen LogP contribution in [0.1, 0.15) is 5.56 Å². The molecule has 2 aromatic heterocycles. The zero-order chi connectivity index (χ0) is 26.8. The number of aryl methyl sites for hydroxylation is 2. The van der Waals surface area contributed by atoms with Gasteiger partial charge < -0.3 is 4.42 Å². The first kappa shape index (κ1) is 25.8. The molecule has 0 spiro atoms. The van der Waals surface area contributed by atoms with E-state index in [1.54, 1.807) is 0 Å². The largest absolute Gasteiger partial charge is 0.451 e. The summed E-state index contributed by atoms with van der Waals surface area (Å²) in [4.78, 5) is 4.29. The summed E-state index contributed by atoms with van der Waals surface area (Å²) in [5.41, 5.74) is 9.32. The molecule has 0 saturated heterocycles. The van der Waals surface area contributed by atoms with Crippen LogP contribution in [0.4, 0.5) is 0 Å². The zero-order valence-corrected chi connectivity index (χ0v) is 25.6. The molecule has 0 saturated carbocycles. The van der Waals surface area contributed by atoms with Crippen molar-refractivity contribution in [3.8, 4) is 28.2 Å². The Hall–Kier alpha value is -4.12. The van der Waals surface area contributed by atoms with Crippen LogP contribution < -0.4 is 4.57 Å². The van der Waals surface area contributed by atoms with E-state index in [2.05, 4.69) is 137 Å². The molecule has 6 aromatic carbocycles. The second kappa shape index (κ2) is 10.1.